The van der Waals surface area contributed by atoms with Gasteiger partial charge in [0, 0.05) is 36.3 Å². The third-order valence-electron chi connectivity index (χ3n) is 5.78. The van der Waals surface area contributed by atoms with Gasteiger partial charge in [-0.15, -0.1) is 0 Å². The van der Waals surface area contributed by atoms with Crippen LogP contribution in [0.1, 0.15) is 43.9 Å². The molecule has 1 aliphatic carbocycles. The van der Waals surface area contributed by atoms with E-state index in [0.29, 0.717) is 18.3 Å². The second kappa shape index (κ2) is 9.35. The predicted octanol–water partition coefficient (Wildman–Crippen LogP) is 3.33. The highest BCUT2D eigenvalue weighted by Crippen LogP contribution is 2.31. The lowest BCUT2D eigenvalue weighted by molar-refractivity contribution is -0.126. The Labute approximate surface area is 172 Å². The zero-order valence-electron chi connectivity index (χ0n) is 17.0. The smallest absolute Gasteiger partial charge is 0.223 e. The van der Waals surface area contributed by atoms with Gasteiger partial charge in [0.05, 0.1) is 12.3 Å². The van der Waals surface area contributed by atoms with E-state index >= 15 is 0 Å². The molecule has 2 aromatic rings. The minimum Gasteiger partial charge on any atom is -0.478 e. The number of carbonyl (C=O) groups is 1. The number of aryl methyl sites for hydroxylation is 1. The Morgan fingerprint density at radius 2 is 1.86 bits per heavy atom. The molecule has 1 saturated heterocycles. The fraction of sp³-hybridized carbons (Fsp3) is 0.522. The van der Waals surface area contributed by atoms with Gasteiger partial charge in [0.25, 0.3) is 0 Å². The van der Waals surface area contributed by atoms with Crippen molar-refractivity contribution >= 4 is 5.91 Å². The van der Waals surface area contributed by atoms with Crippen LogP contribution in [0.4, 0.5) is 0 Å². The number of hydrogen-bond donors (Lipinski definition) is 1. The molecule has 1 aromatic carbocycles. The van der Waals surface area contributed by atoms with Gasteiger partial charge in [0.15, 0.2) is 5.82 Å². The number of ether oxygens (including phenoxy) is 2. The third-order valence-corrected chi connectivity index (χ3v) is 5.78. The molecule has 0 radical (unpaired) electrons. The Balaban J connectivity index is 1.52. The number of hydrogen-bond acceptors (Lipinski definition) is 5. The van der Waals surface area contributed by atoms with Crippen molar-refractivity contribution in [3.05, 3.63) is 41.6 Å². The molecule has 0 spiro atoms. The molecule has 1 aliphatic heterocycles. The SMILES string of the molecule is CCOc1nc(-c2ccccc2)nc2c1CCC(C(=O)NC1CCOCC1)CC2. The summed E-state index contributed by atoms with van der Waals surface area (Å²) in [4.78, 5) is 22.4. The van der Waals surface area contributed by atoms with Gasteiger partial charge >= 0.3 is 0 Å². The molecule has 6 nitrogen and oxygen atoms in total. The maximum absolute atomic E-state index is 12.9. The first kappa shape index (κ1) is 19.8. The minimum absolute atomic E-state index is 0.00157. The van der Waals surface area contributed by atoms with Crippen LogP contribution in [0, 0.1) is 5.92 Å². The van der Waals surface area contributed by atoms with E-state index in [1.807, 2.05) is 37.3 Å². The summed E-state index contributed by atoms with van der Waals surface area (Å²) in [7, 11) is 0. The summed E-state index contributed by atoms with van der Waals surface area (Å²) in [5.41, 5.74) is 3.06. The van der Waals surface area contributed by atoms with Crippen molar-refractivity contribution in [2.75, 3.05) is 19.8 Å². The van der Waals surface area contributed by atoms with Gasteiger partial charge in [0.2, 0.25) is 11.8 Å². The molecule has 29 heavy (non-hydrogen) atoms. The van der Waals surface area contributed by atoms with Crippen molar-refractivity contribution in [3.8, 4) is 17.3 Å². The molecule has 4 rings (SSSR count). The molecular formula is C23H29N3O3. The molecule has 1 aromatic heterocycles. The van der Waals surface area contributed by atoms with Crippen LogP contribution in [0.3, 0.4) is 0 Å². The lowest BCUT2D eigenvalue weighted by Gasteiger charge is -2.25. The van der Waals surface area contributed by atoms with E-state index in [4.69, 9.17) is 19.4 Å². The van der Waals surface area contributed by atoms with Gasteiger partial charge in [-0.05, 0) is 45.4 Å². The van der Waals surface area contributed by atoms with E-state index in [9.17, 15) is 4.79 Å². The normalized spacial score (nSPS) is 19.8. The third kappa shape index (κ3) is 4.75. The summed E-state index contributed by atoms with van der Waals surface area (Å²) in [6.07, 6.45) is 4.95. The van der Waals surface area contributed by atoms with Gasteiger partial charge < -0.3 is 14.8 Å². The van der Waals surface area contributed by atoms with Crippen LogP contribution in [0.5, 0.6) is 5.88 Å². The number of benzene rings is 1. The molecule has 0 saturated carbocycles. The summed E-state index contributed by atoms with van der Waals surface area (Å²) < 4.78 is 11.3. The molecule has 1 unspecified atom stereocenters. The van der Waals surface area contributed by atoms with Crippen LogP contribution in [0.2, 0.25) is 0 Å². The van der Waals surface area contributed by atoms with Crippen LogP contribution >= 0.6 is 0 Å². The zero-order valence-corrected chi connectivity index (χ0v) is 17.0. The summed E-state index contributed by atoms with van der Waals surface area (Å²) in [6.45, 7) is 4.00. The van der Waals surface area contributed by atoms with Crippen LogP contribution in [0.25, 0.3) is 11.4 Å². The van der Waals surface area contributed by atoms with Crippen molar-refractivity contribution in [2.45, 2.75) is 51.5 Å². The fourth-order valence-electron chi connectivity index (χ4n) is 4.13. The lowest BCUT2D eigenvalue weighted by atomic mass is 9.97. The summed E-state index contributed by atoms with van der Waals surface area (Å²) in [5, 5.41) is 3.23. The Kier molecular flexibility index (Phi) is 6.39. The first-order valence-corrected chi connectivity index (χ1v) is 10.7. The van der Waals surface area contributed by atoms with Crippen molar-refractivity contribution in [1.29, 1.82) is 0 Å². The number of fused-ring (bicyclic) bond motifs is 1. The van der Waals surface area contributed by atoms with Gasteiger partial charge in [-0.1, -0.05) is 30.3 Å². The Morgan fingerprint density at radius 3 is 2.62 bits per heavy atom. The van der Waals surface area contributed by atoms with Crippen molar-refractivity contribution < 1.29 is 14.3 Å². The Bertz CT molecular complexity index is 835. The molecule has 1 amide bonds. The highest BCUT2D eigenvalue weighted by molar-refractivity contribution is 5.79. The average Bonchev–Trinajstić information content (AvgIpc) is 2.98. The predicted molar refractivity (Wildman–Crippen MR) is 111 cm³/mol. The van der Waals surface area contributed by atoms with Crippen molar-refractivity contribution in [2.24, 2.45) is 5.92 Å². The largest absolute Gasteiger partial charge is 0.478 e. The minimum atomic E-state index is 0.00157. The number of nitrogens with one attached hydrogen (secondary N) is 1. The zero-order chi connectivity index (χ0) is 20.1. The molecule has 1 atom stereocenters. The molecule has 6 heteroatoms. The van der Waals surface area contributed by atoms with Crippen LogP contribution in [-0.2, 0) is 22.4 Å². The quantitative estimate of drug-likeness (QED) is 0.786. The van der Waals surface area contributed by atoms with Gasteiger partial charge in [-0.25, -0.2) is 4.98 Å². The molecule has 1 fully saturated rings. The topological polar surface area (TPSA) is 73.3 Å². The number of aromatic nitrogens is 2. The van der Waals surface area contributed by atoms with Crippen molar-refractivity contribution in [3.63, 3.8) is 0 Å². The summed E-state index contributed by atoms with van der Waals surface area (Å²) in [5.74, 6) is 1.53. The summed E-state index contributed by atoms with van der Waals surface area (Å²) in [6, 6.07) is 10.2. The average molecular weight is 396 g/mol. The highest BCUT2D eigenvalue weighted by atomic mass is 16.5. The van der Waals surface area contributed by atoms with Gasteiger partial charge in [-0.2, -0.15) is 4.98 Å². The lowest BCUT2D eigenvalue weighted by Crippen LogP contribution is -2.42. The van der Waals surface area contributed by atoms with E-state index in [1.165, 1.54) is 0 Å². The van der Waals surface area contributed by atoms with E-state index in [2.05, 4.69) is 5.32 Å². The molecular weight excluding hydrogens is 366 g/mol. The standard InChI is InChI=1S/C23H29N3O3/c1-2-29-23-19-10-8-17(22(27)24-18-12-14-28-15-13-18)9-11-20(19)25-21(26-23)16-6-4-3-5-7-16/h3-7,17-18H,2,8-15H2,1H3,(H,24,27). The molecule has 154 valence electrons. The second-order valence-electron chi connectivity index (χ2n) is 7.75. The van der Waals surface area contributed by atoms with E-state index in [0.717, 1.165) is 68.6 Å². The Hall–Kier alpha value is -2.47. The molecule has 0 bridgehead atoms. The number of rotatable bonds is 5. The molecule has 1 N–H and O–H groups in total. The molecule has 2 heterocycles. The van der Waals surface area contributed by atoms with Crippen molar-refractivity contribution in [1.82, 2.24) is 15.3 Å². The first-order chi connectivity index (χ1) is 14.2. The van der Waals surface area contributed by atoms with Crippen LogP contribution in [-0.4, -0.2) is 41.7 Å². The molecule has 2 aliphatic rings. The van der Waals surface area contributed by atoms with Gasteiger partial charge in [-0.3, -0.25) is 4.79 Å². The van der Waals surface area contributed by atoms with Crippen LogP contribution < -0.4 is 10.1 Å². The van der Waals surface area contributed by atoms with Crippen LogP contribution in [0.15, 0.2) is 30.3 Å². The van der Waals surface area contributed by atoms with E-state index in [1.54, 1.807) is 0 Å². The van der Waals surface area contributed by atoms with E-state index < -0.39 is 0 Å². The van der Waals surface area contributed by atoms with Gasteiger partial charge in [0.1, 0.15) is 0 Å². The monoisotopic (exact) mass is 395 g/mol. The number of amides is 1. The second-order valence-corrected chi connectivity index (χ2v) is 7.75. The van der Waals surface area contributed by atoms with E-state index in [-0.39, 0.29) is 17.9 Å². The highest BCUT2D eigenvalue weighted by Gasteiger charge is 2.28. The summed E-state index contributed by atoms with van der Waals surface area (Å²) >= 11 is 0. The maximum atomic E-state index is 12.9. The number of nitrogens with zero attached hydrogens (tertiary/aromatic N) is 2. The number of carbonyl (C=O) groups excluding carboxylic acids is 1. The first-order valence-electron chi connectivity index (χ1n) is 10.7. The Morgan fingerprint density at radius 1 is 1.10 bits per heavy atom. The maximum Gasteiger partial charge on any atom is 0.223 e. The fourth-order valence-corrected chi connectivity index (χ4v) is 4.13.